The van der Waals surface area contributed by atoms with Crippen molar-refractivity contribution in [1.82, 2.24) is 0 Å². The number of nitrogens with zero attached hydrogens (tertiary/aromatic N) is 1. The van der Waals surface area contributed by atoms with Gasteiger partial charge in [-0.25, -0.2) is 4.79 Å². The molecular weight excluding hydrogens is 598 g/mol. The van der Waals surface area contributed by atoms with E-state index >= 15 is 0 Å². The van der Waals surface area contributed by atoms with Crippen molar-refractivity contribution >= 4 is 58.4 Å². The number of ketones is 2. The number of hydrogen-bond acceptors (Lipinski definition) is 7. The second-order valence-corrected chi connectivity index (χ2v) is 12.4. The lowest BCUT2D eigenvalue weighted by atomic mass is 10.0. The highest BCUT2D eigenvalue weighted by molar-refractivity contribution is 7.99. The van der Waals surface area contributed by atoms with Crippen LogP contribution in [0.2, 0.25) is 5.02 Å². The minimum atomic E-state index is -0.438. The molecular formula is C35H32ClNO4S2. The fourth-order valence-electron chi connectivity index (χ4n) is 4.08. The molecule has 0 spiro atoms. The van der Waals surface area contributed by atoms with Crippen LogP contribution < -0.4 is 0 Å². The van der Waals surface area contributed by atoms with Crippen LogP contribution in [0.25, 0.3) is 0 Å². The number of Topliss-reactive ketones (excluding diaryl/α,β-unsaturated/α-hetero) is 1. The van der Waals surface area contributed by atoms with Crippen molar-refractivity contribution in [2.45, 2.75) is 53.7 Å². The van der Waals surface area contributed by atoms with E-state index in [0.29, 0.717) is 33.9 Å². The van der Waals surface area contributed by atoms with Crippen molar-refractivity contribution in [2.24, 2.45) is 5.16 Å². The highest BCUT2D eigenvalue weighted by atomic mass is 35.5. The van der Waals surface area contributed by atoms with E-state index in [2.05, 4.69) is 12.1 Å². The number of carbonyl (C=O) groups excluding carboxylic acids is 3. The topological polar surface area (TPSA) is 72.8 Å². The monoisotopic (exact) mass is 629 g/mol. The third-order valence-electron chi connectivity index (χ3n) is 6.43. The van der Waals surface area contributed by atoms with Crippen molar-refractivity contribution in [3.05, 3.63) is 125 Å². The molecule has 0 aliphatic rings. The van der Waals surface area contributed by atoms with Gasteiger partial charge in [-0.05, 0) is 79.2 Å². The van der Waals surface area contributed by atoms with Gasteiger partial charge in [0, 0.05) is 55.0 Å². The summed E-state index contributed by atoms with van der Waals surface area (Å²) in [4.78, 5) is 46.3. The number of benzene rings is 4. The van der Waals surface area contributed by atoms with Gasteiger partial charge in [0.2, 0.25) is 5.78 Å². The minimum Gasteiger partial charge on any atom is -0.318 e. The molecule has 220 valence electrons. The lowest BCUT2D eigenvalue weighted by Gasteiger charge is -2.08. The zero-order valence-electron chi connectivity index (χ0n) is 23.8. The Hall–Kier alpha value is -3.65. The molecule has 5 nitrogen and oxygen atoms in total. The van der Waals surface area contributed by atoms with Crippen molar-refractivity contribution in [2.75, 3.05) is 5.75 Å². The lowest BCUT2D eigenvalue weighted by Crippen LogP contribution is -2.17. The van der Waals surface area contributed by atoms with Crippen molar-refractivity contribution < 1.29 is 19.2 Å². The Morgan fingerprint density at radius 3 is 1.91 bits per heavy atom. The first-order valence-corrected chi connectivity index (χ1v) is 16.3. The van der Waals surface area contributed by atoms with Crippen LogP contribution >= 0.6 is 35.1 Å². The zero-order valence-corrected chi connectivity index (χ0v) is 26.2. The van der Waals surface area contributed by atoms with Gasteiger partial charge in [-0.15, -0.1) is 11.8 Å². The van der Waals surface area contributed by atoms with Crippen LogP contribution in [-0.2, 0) is 9.63 Å². The standard InChI is InChI=1S/C35H32ClNO4S2/c1-2-3-5-10-33(38)41-37-32(23-24-42-29-21-15-28(36)16-22-29)35(40)27-13-19-31(20-14-27)43-30-17-11-26(12-18-30)34(39)25-8-6-4-7-9-25/h4,6-9,11-22H,2-3,5,10,23-24H2,1H3. The fourth-order valence-corrected chi connectivity index (χ4v) is 5.88. The fraction of sp³-hybridized carbons (Fsp3) is 0.200. The molecule has 0 N–H and O–H groups in total. The summed E-state index contributed by atoms with van der Waals surface area (Å²) < 4.78 is 0. The summed E-state index contributed by atoms with van der Waals surface area (Å²) in [6.07, 6.45) is 3.26. The first-order valence-electron chi connectivity index (χ1n) is 14.1. The lowest BCUT2D eigenvalue weighted by molar-refractivity contribution is -0.143. The molecule has 0 saturated heterocycles. The molecule has 0 radical (unpaired) electrons. The van der Waals surface area contributed by atoms with E-state index in [9.17, 15) is 14.4 Å². The van der Waals surface area contributed by atoms with Crippen LogP contribution in [0.4, 0.5) is 0 Å². The second-order valence-electron chi connectivity index (χ2n) is 9.69. The molecule has 0 saturated carbocycles. The Kier molecular flexibility index (Phi) is 12.6. The average molecular weight is 630 g/mol. The maximum atomic E-state index is 13.4. The molecule has 0 bridgehead atoms. The summed E-state index contributed by atoms with van der Waals surface area (Å²) in [6.45, 7) is 2.06. The van der Waals surface area contributed by atoms with Gasteiger partial charge < -0.3 is 4.84 Å². The molecule has 0 unspecified atom stereocenters. The first-order chi connectivity index (χ1) is 20.9. The van der Waals surface area contributed by atoms with Gasteiger partial charge >= 0.3 is 5.97 Å². The Morgan fingerprint density at radius 2 is 1.28 bits per heavy atom. The third kappa shape index (κ3) is 10.2. The number of carbonyl (C=O) groups is 3. The molecule has 0 atom stereocenters. The first kappa shape index (κ1) is 32.3. The van der Waals surface area contributed by atoms with Crippen LogP contribution in [0.3, 0.4) is 0 Å². The summed E-state index contributed by atoms with van der Waals surface area (Å²) in [5, 5.41) is 4.67. The quantitative estimate of drug-likeness (QED) is 0.0326. The molecule has 0 amide bonds. The second kappa shape index (κ2) is 16.8. The Balaban J connectivity index is 1.40. The maximum absolute atomic E-state index is 13.4. The Morgan fingerprint density at radius 1 is 0.698 bits per heavy atom. The average Bonchev–Trinajstić information content (AvgIpc) is 3.04. The molecule has 4 aromatic rings. The minimum absolute atomic E-state index is 0.0179. The number of oxime groups is 1. The number of hydrogen-bond donors (Lipinski definition) is 0. The van der Waals surface area contributed by atoms with Crippen LogP contribution in [-0.4, -0.2) is 29.0 Å². The van der Waals surface area contributed by atoms with Crippen LogP contribution in [0, 0.1) is 0 Å². The summed E-state index contributed by atoms with van der Waals surface area (Å²) in [6, 6.07) is 31.4. The highest BCUT2D eigenvalue weighted by Crippen LogP contribution is 2.29. The normalized spacial score (nSPS) is 11.3. The van der Waals surface area contributed by atoms with E-state index in [1.165, 1.54) is 11.8 Å². The molecule has 0 aromatic heterocycles. The van der Waals surface area contributed by atoms with E-state index in [1.807, 2.05) is 78.9 Å². The van der Waals surface area contributed by atoms with E-state index in [1.54, 1.807) is 36.0 Å². The largest absolute Gasteiger partial charge is 0.335 e. The van der Waals surface area contributed by atoms with Gasteiger partial charge in [-0.3, -0.25) is 9.59 Å². The predicted octanol–water partition coefficient (Wildman–Crippen LogP) is 9.57. The molecule has 43 heavy (non-hydrogen) atoms. The number of thioether (sulfide) groups is 1. The number of unbranched alkanes of at least 4 members (excludes halogenated alkanes) is 2. The molecule has 0 aliphatic heterocycles. The van der Waals surface area contributed by atoms with Gasteiger partial charge in [0.25, 0.3) is 0 Å². The van der Waals surface area contributed by atoms with Crippen molar-refractivity contribution in [3.63, 3.8) is 0 Å². The zero-order chi connectivity index (χ0) is 30.4. The molecule has 0 aliphatic carbocycles. The molecule has 8 heteroatoms. The number of rotatable bonds is 15. The van der Waals surface area contributed by atoms with E-state index in [4.69, 9.17) is 16.4 Å². The smallest absolute Gasteiger partial charge is 0.318 e. The SMILES string of the molecule is CCCCCC(=O)ON=C(CCSc1ccc(Cl)cc1)C(=O)c1ccc(Sc2ccc(C(=O)c3ccccc3)cc2)cc1. The van der Waals surface area contributed by atoms with Gasteiger partial charge in [-0.2, -0.15) is 0 Å². The van der Waals surface area contributed by atoms with E-state index in [0.717, 1.165) is 33.9 Å². The summed E-state index contributed by atoms with van der Waals surface area (Å²) >= 11 is 9.08. The van der Waals surface area contributed by atoms with Gasteiger partial charge in [0.05, 0.1) is 0 Å². The van der Waals surface area contributed by atoms with Crippen LogP contribution in [0.5, 0.6) is 0 Å². The van der Waals surface area contributed by atoms with Crippen LogP contribution in [0.15, 0.2) is 123 Å². The molecule has 4 aromatic carbocycles. The van der Waals surface area contributed by atoms with Crippen LogP contribution in [0.1, 0.15) is 65.3 Å². The van der Waals surface area contributed by atoms with Gasteiger partial charge in [0.1, 0.15) is 5.71 Å². The van der Waals surface area contributed by atoms with E-state index < -0.39 is 5.97 Å². The highest BCUT2D eigenvalue weighted by Gasteiger charge is 2.17. The molecule has 0 fully saturated rings. The van der Waals surface area contributed by atoms with Crippen molar-refractivity contribution in [3.8, 4) is 0 Å². The molecule has 4 rings (SSSR count). The summed E-state index contributed by atoms with van der Waals surface area (Å²) in [5.74, 6) is -0.155. The number of halogens is 1. The summed E-state index contributed by atoms with van der Waals surface area (Å²) in [7, 11) is 0. The van der Waals surface area contributed by atoms with Gasteiger partial charge in [0.15, 0.2) is 5.78 Å². The Bertz CT molecular complexity index is 1540. The predicted molar refractivity (Wildman–Crippen MR) is 176 cm³/mol. The third-order valence-corrected chi connectivity index (χ3v) is 8.71. The van der Waals surface area contributed by atoms with Gasteiger partial charge in [-0.1, -0.05) is 78.6 Å². The van der Waals surface area contributed by atoms with Crippen molar-refractivity contribution in [1.29, 1.82) is 0 Å². The van der Waals surface area contributed by atoms with E-state index in [-0.39, 0.29) is 23.7 Å². The Labute approximate surface area is 266 Å². The molecule has 0 heterocycles. The maximum Gasteiger partial charge on any atom is 0.335 e. The summed E-state index contributed by atoms with van der Waals surface area (Å²) in [5.41, 5.74) is 1.94.